The highest BCUT2D eigenvalue weighted by atomic mass is 35.5. The van der Waals surface area contributed by atoms with Gasteiger partial charge in [-0.15, -0.1) is 11.3 Å². The molecule has 156 valence electrons. The number of amides is 2. The van der Waals surface area contributed by atoms with Crippen LogP contribution in [0.3, 0.4) is 0 Å². The number of hydrogen-bond donors (Lipinski definition) is 3. The fraction of sp³-hybridized carbons (Fsp3) is 0.300. The number of thioether (sulfide) groups is 1. The molecule has 2 aromatic heterocycles. The number of anilines is 1. The Kier molecular flexibility index (Phi) is 6.12. The molecule has 0 aliphatic heterocycles. The van der Waals surface area contributed by atoms with Gasteiger partial charge in [-0.3, -0.25) is 20.4 Å². The van der Waals surface area contributed by atoms with Crippen LogP contribution in [-0.4, -0.2) is 27.5 Å². The number of halogens is 1. The van der Waals surface area contributed by atoms with Gasteiger partial charge in [-0.2, -0.15) is 0 Å². The van der Waals surface area contributed by atoms with Gasteiger partial charge in [0.1, 0.15) is 10.6 Å². The number of thiophene rings is 1. The molecule has 2 amide bonds. The Morgan fingerprint density at radius 3 is 2.80 bits per heavy atom. The van der Waals surface area contributed by atoms with Crippen LogP contribution in [0.4, 0.5) is 5.82 Å². The smallest absolute Gasteiger partial charge is 0.269 e. The summed E-state index contributed by atoms with van der Waals surface area (Å²) in [6.07, 6.45) is 3.21. The lowest BCUT2D eigenvalue weighted by molar-refractivity contribution is -0.119. The number of nitrogens with one attached hydrogen (secondary N) is 2. The first-order chi connectivity index (χ1) is 14.4. The van der Waals surface area contributed by atoms with E-state index in [2.05, 4.69) is 27.7 Å². The van der Waals surface area contributed by atoms with Crippen molar-refractivity contribution in [1.29, 1.82) is 0 Å². The topological polar surface area (TPSA) is 110 Å². The van der Waals surface area contributed by atoms with E-state index in [4.69, 9.17) is 17.3 Å². The predicted octanol–water partition coefficient (Wildman–Crippen LogP) is 3.61. The van der Waals surface area contributed by atoms with Crippen LogP contribution in [0, 0.1) is 5.92 Å². The molecular weight excluding hydrogens is 442 g/mol. The molecule has 3 aromatic rings. The van der Waals surface area contributed by atoms with Gasteiger partial charge in [0.05, 0.1) is 11.1 Å². The fourth-order valence-corrected chi connectivity index (χ4v) is 5.61. The van der Waals surface area contributed by atoms with Crippen LogP contribution in [0.15, 0.2) is 29.4 Å². The highest BCUT2D eigenvalue weighted by molar-refractivity contribution is 7.99. The number of nitrogens with zero attached hydrogens (tertiary/aromatic N) is 2. The van der Waals surface area contributed by atoms with Crippen LogP contribution in [0.1, 0.15) is 34.1 Å². The minimum absolute atomic E-state index is 0.0496. The highest BCUT2D eigenvalue weighted by Gasteiger charge is 2.23. The predicted molar refractivity (Wildman–Crippen MR) is 121 cm³/mol. The van der Waals surface area contributed by atoms with Gasteiger partial charge < -0.3 is 5.73 Å². The Labute approximate surface area is 186 Å². The van der Waals surface area contributed by atoms with E-state index in [9.17, 15) is 9.59 Å². The number of aromatic nitrogens is 2. The van der Waals surface area contributed by atoms with Gasteiger partial charge >= 0.3 is 0 Å². The van der Waals surface area contributed by atoms with Crippen molar-refractivity contribution in [2.24, 2.45) is 5.92 Å². The average Bonchev–Trinajstić information content (AvgIpc) is 3.08. The van der Waals surface area contributed by atoms with Gasteiger partial charge in [0.15, 0.2) is 5.16 Å². The standard InChI is InChI=1S/C20H20ClN5O2S2/c1-10-2-7-13-14(8-10)30-19-16(13)17(22)23-20(24-19)29-9-15(27)25-26-18(28)11-3-5-12(21)6-4-11/h3-6,10H,2,7-9H2,1H3,(H,25,27)(H,26,28)(H2,22,23,24). The van der Waals surface area contributed by atoms with Gasteiger partial charge in [-0.05, 0) is 55.0 Å². The summed E-state index contributed by atoms with van der Waals surface area (Å²) in [5.41, 5.74) is 12.7. The molecule has 2 heterocycles. The van der Waals surface area contributed by atoms with E-state index >= 15 is 0 Å². The Balaban J connectivity index is 1.37. The first-order valence-electron chi connectivity index (χ1n) is 9.46. The first kappa shape index (κ1) is 20.9. The zero-order chi connectivity index (χ0) is 21.3. The lowest BCUT2D eigenvalue weighted by Crippen LogP contribution is -2.42. The zero-order valence-corrected chi connectivity index (χ0v) is 18.6. The number of benzene rings is 1. The SMILES string of the molecule is CC1CCc2c(sc3nc(SCC(=O)NNC(=O)c4ccc(Cl)cc4)nc(N)c23)C1. The third-order valence-corrected chi connectivity index (χ3v) is 7.16. The van der Waals surface area contributed by atoms with Gasteiger partial charge in [-0.1, -0.05) is 30.3 Å². The summed E-state index contributed by atoms with van der Waals surface area (Å²) in [6, 6.07) is 6.36. The Morgan fingerprint density at radius 1 is 1.27 bits per heavy atom. The molecule has 30 heavy (non-hydrogen) atoms. The Bertz CT molecular complexity index is 1120. The van der Waals surface area contributed by atoms with Crippen LogP contribution in [-0.2, 0) is 17.6 Å². The maximum absolute atomic E-state index is 12.1. The number of nitrogens with two attached hydrogens (primary N) is 1. The van der Waals surface area contributed by atoms with Crippen molar-refractivity contribution in [3.8, 4) is 0 Å². The summed E-state index contributed by atoms with van der Waals surface area (Å²) in [7, 11) is 0. The van der Waals surface area contributed by atoms with E-state index in [1.54, 1.807) is 35.6 Å². The lowest BCUT2D eigenvalue weighted by atomic mass is 9.89. The van der Waals surface area contributed by atoms with Gasteiger partial charge in [-0.25, -0.2) is 9.97 Å². The lowest BCUT2D eigenvalue weighted by Gasteiger charge is -2.17. The van der Waals surface area contributed by atoms with Crippen molar-refractivity contribution in [3.63, 3.8) is 0 Å². The molecule has 0 fully saturated rings. The number of hydrogen-bond acceptors (Lipinski definition) is 7. The number of rotatable bonds is 4. The van der Waals surface area contributed by atoms with E-state index < -0.39 is 5.91 Å². The molecule has 7 nitrogen and oxygen atoms in total. The molecule has 0 bridgehead atoms. The number of carbonyl (C=O) groups excluding carboxylic acids is 2. The van der Waals surface area contributed by atoms with E-state index in [0.29, 0.717) is 27.5 Å². The molecule has 4 N–H and O–H groups in total. The molecule has 0 spiro atoms. The number of nitrogen functional groups attached to an aromatic ring is 1. The normalized spacial score (nSPS) is 15.6. The Morgan fingerprint density at radius 2 is 2.03 bits per heavy atom. The summed E-state index contributed by atoms with van der Waals surface area (Å²) in [5.74, 6) is 0.383. The number of hydrazine groups is 1. The molecule has 0 radical (unpaired) electrons. The highest BCUT2D eigenvalue weighted by Crippen LogP contribution is 2.39. The molecule has 1 aliphatic carbocycles. The molecule has 4 rings (SSSR count). The molecule has 1 aromatic carbocycles. The molecule has 0 saturated heterocycles. The summed E-state index contributed by atoms with van der Waals surface area (Å²) < 4.78 is 0. The van der Waals surface area contributed by atoms with E-state index in [0.717, 1.165) is 29.5 Å². The molecule has 1 aliphatic rings. The summed E-state index contributed by atoms with van der Waals surface area (Å²) in [4.78, 5) is 35.3. The largest absolute Gasteiger partial charge is 0.383 e. The second kappa shape index (κ2) is 8.79. The molecule has 1 atom stereocenters. The van der Waals surface area contributed by atoms with Crippen molar-refractivity contribution >= 4 is 62.5 Å². The first-order valence-corrected chi connectivity index (χ1v) is 11.6. The van der Waals surface area contributed by atoms with Crippen molar-refractivity contribution in [3.05, 3.63) is 45.3 Å². The summed E-state index contributed by atoms with van der Waals surface area (Å²) in [6.45, 7) is 2.26. The third kappa shape index (κ3) is 4.53. The second-order valence-electron chi connectivity index (χ2n) is 7.22. The monoisotopic (exact) mass is 461 g/mol. The van der Waals surface area contributed by atoms with Crippen LogP contribution >= 0.6 is 34.7 Å². The number of carbonyl (C=O) groups is 2. The summed E-state index contributed by atoms with van der Waals surface area (Å²) >= 11 is 8.65. The van der Waals surface area contributed by atoms with Crippen LogP contribution in [0.2, 0.25) is 5.02 Å². The van der Waals surface area contributed by atoms with Crippen LogP contribution in [0.25, 0.3) is 10.2 Å². The van der Waals surface area contributed by atoms with Crippen molar-refractivity contribution in [2.75, 3.05) is 11.5 Å². The van der Waals surface area contributed by atoms with Crippen LogP contribution in [0.5, 0.6) is 0 Å². The van der Waals surface area contributed by atoms with Crippen LogP contribution < -0.4 is 16.6 Å². The van der Waals surface area contributed by atoms with E-state index in [1.807, 2.05) is 0 Å². The second-order valence-corrected chi connectivity index (χ2v) is 9.68. The maximum Gasteiger partial charge on any atom is 0.269 e. The fourth-order valence-electron chi connectivity index (χ4n) is 3.38. The number of fused-ring (bicyclic) bond motifs is 3. The van der Waals surface area contributed by atoms with E-state index in [1.165, 1.54) is 22.2 Å². The molecule has 0 saturated carbocycles. The minimum Gasteiger partial charge on any atom is -0.383 e. The quantitative estimate of drug-likeness (QED) is 0.311. The number of aryl methyl sites for hydroxylation is 1. The Hall–Kier alpha value is -2.36. The molecule has 10 heteroatoms. The molecular formula is C20H20ClN5O2S2. The van der Waals surface area contributed by atoms with Gasteiger partial charge in [0.25, 0.3) is 5.91 Å². The van der Waals surface area contributed by atoms with Gasteiger partial charge in [0.2, 0.25) is 5.91 Å². The summed E-state index contributed by atoms with van der Waals surface area (Å²) in [5, 5.41) is 1.95. The third-order valence-electron chi connectivity index (χ3n) is 4.92. The van der Waals surface area contributed by atoms with Crippen molar-refractivity contribution in [1.82, 2.24) is 20.8 Å². The van der Waals surface area contributed by atoms with Crippen molar-refractivity contribution < 1.29 is 9.59 Å². The average molecular weight is 462 g/mol. The van der Waals surface area contributed by atoms with E-state index in [-0.39, 0.29) is 11.7 Å². The molecule has 1 unspecified atom stereocenters. The zero-order valence-electron chi connectivity index (χ0n) is 16.2. The minimum atomic E-state index is -0.426. The maximum atomic E-state index is 12.1. The van der Waals surface area contributed by atoms with Crippen molar-refractivity contribution in [2.45, 2.75) is 31.3 Å². The van der Waals surface area contributed by atoms with Gasteiger partial charge in [0, 0.05) is 15.5 Å².